The number of hydrogen-bond acceptors (Lipinski definition) is 4. The first kappa shape index (κ1) is 16.8. The van der Waals surface area contributed by atoms with Crippen molar-refractivity contribution in [2.45, 2.75) is 77.6 Å². The number of ether oxygens (including phenoxy) is 1. The number of amides is 1. The van der Waals surface area contributed by atoms with Gasteiger partial charge < -0.3 is 15.4 Å². The summed E-state index contributed by atoms with van der Waals surface area (Å²) in [6, 6.07) is 0.395. The summed E-state index contributed by atoms with van der Waals surface area (Å²) < 4.78 is 5.37. The largest absolute Gasteiger partial charge is 0.444 e. The van der Waals surface area contributed by atoms with Crippen LogP contribution in [0.3, 0.4) is 0 Å². The van der Waals surface area contributed by atoms with Gasteiger partial charge in [-0.15, -0.1) is 0 Å². The second-order valence-electron chi connectivity index (χ2n) is 7.04. The number of nitrogens with zero attached hydrogens (tertiary/aromatic N) is 1. The molecule has 1 heterocycles. The Hall–Kier alpha value is -1.56. The van der Waals surface area contributed by atoms with Gasteiger partial charge in [0.25, 0.3) is 0 Å². The summed E-state index contributed by atoms with van der Waals surface area (Å²) in [6.07, 6.45) is 5.91. The van der Waals surface area contributed by atoms with E-state index >= 15 is 0 Å². The minimum Gasteiger partial charge on any atom is -0.444 e. The Morgan fingerprint density at radius 1 is 1.36 bits per heavy atom. The van der Waals surface area contributed by atoms with E-state index in [0.29, 0.717) is 0 Å². The number of aromatic nitrogens is 2. The molecule has 1 aliphatic carbocycles. The third-order valence-corrected chi connectivity index (χ3v) is 3.96. The van der Waals surface area contributed by atoms with E-state index in [1.54, 1.807) is 0 Å². The van der Waals surface area contributed by atoms with Crippen molar-refractivity contribution < 1.29 is 9.53 Å². The number of hydrogen-bond donors (Lipinski definition) is 3. The van der Waals surface area contributed by atoms with Gasteiger partial charge in [0.1, 0.15) is 5.60 Å². The maximum absolute atomic E-state index is 12.0. The maximum atomic E-state index is 12.0. The molecule has 0 radical (unpaired) electrons. The lowest BCUT2D eigenvalue weighted by atomic mass is 9.90. The van der Waals surface area contributed by atoms with Gasteiger partial charge in [0.2, 0.25) is 0 Å². The van der Waals surface area contributed by atoms with E-state index in [1.165, 1.54) is 12.0 Å². The van der Waals surface area contributed by atoms with E-state index in [0.717, 1.165) is 31.5 Å². The number of nitrogens with one attached hydrogen (secondary N) is 3. The molecule has 1 saturated carbocycles. The molecule has 1 aromatic rings. The average molecular weight is 308 g/mol. The molecule has 1 amide bonds. The summed E-state index contributed by atoms with van der Waals surface area (Å²) in [4.78, 5) is 12.0. The molecule has 0 aromatic carbocycles. The predicted octanol–water partition coefficient (Wildman–Crippen LogP) is 2.64. The molecule has 0 aliphatic heterocycles. The standard InChI is InChI=1S/C16H28N4O2/c1-11-12(10-18-20-11)9-17-13-7-5-6-8-14(13)19-15(21)22-16(2,3)4/h10,13-14,17H,5-9H2,1-4H3,(H,18,20)(H,19,21)/t13-,14-/m1/s1. The highest BCUT2D eigenvalue weighted by Crippen LogP contribution is 2.20. The van der Waals surface area contributed by atoms with E-state index < -0.39 is 5.60 Å². The summed E-state index contributed by atoms with van der Waals surface area (Å²) in [7, 11) is 0. The van der Waals surface area contributed by atoms with Crippen LogP contribution >= 0.6 is 0 Å². The van der Waals surface area contributed by atoms with Crippen LogP contribution in [0.5, 0.6) is 0 Å². The number of H-pyrrole nitrogens is 1. The van der Waals surface area contributed by atoms with Crippen LogP contribution in [-0.2, 0) is 11.3 Å². The Kier molecular flexibility index (Phi) is 5.45. The quantitative estimate of drug-likeness (QED) is 0.799. The molecular formula is C16H28N4O2. The van der Waals surface area contributed by atoms with Gasteiger partial charge in [0.15, 0.2) is 0 Å². The van der Waals surface area contributed by atoms with Gasteiger partial charge in [0, 0.05) is 29.9 Å². The van der Waals surface area contributed by atoms with Crippen molar-refractivity contribution in [3.63, 3.8) is 0 Å². The summed E-state index contributed by atoms with van der Waals surface area (Å²) in [5.74, 6) is 0. The molecule has 0 spiro atoms. The molecule has 6 heteroatoms. The first-order valence-electron chi connectivity index (χ1n) is 8.07. The maximum Gasteiger partial charge on any atom is 0.407 e. The van der Waals surface area contributed by atoms with Crippen molar-refractivity contribution in [1.29, 1.82) is 0 Å². The van der Waals surface area contributed by atoms with E-state index in [1.807, 2.05) is 33.9 Å². The molecule has 124 valence electrons. The fourth-order valence-electron chi connectivity index (χ4n) is 2.80. The zero-order chi connectivity index (χ0) is 16.2. The highest BCUT2D eigenvalue weighted by atomic mass is 16.6. The van der Waals surface area contributed by atoms with Crippen LogP contribution in [0.4, 0.5) is 4.79 Å². The molecule has 3 N–H and O–H groups in total. The van der Waals surface area contributed by atoms with Gasteiger partial charge >= 0.3 is 6.09 Å². The monoisotopic (exact) mass is 308 g/mol. The molecule has 0 unspecified atom stereocenters. The number of carbonyl (C=O) groups excluding carboxylic acids is 1. The van der Waals surface area contributed by atoms with Crippen molar-refractivity contribution >= 4 is 6.09 Å². The second kappa shape index (κ2) is 7.13. The van der Waals surface area contributed by atoms with Crippen molar-refractivity contribution in [3.05, 3.63) is 17.5 Å². The first-order valence-corrected chi connectivity index (χ1v) is 8.07. The Balaban J connectivity index is 1.88. The lowest BCUT2D eigenvalue weighted by Gasteiger charge is -2.33. The molecular weight excluding hydrogens is 280 g/mol. The molecule has 0 saturated heterocycles. The van der Waals surface area contributed by atoms with Crippen LogP contribution in [0, 0.1) is 6.92 Å². The number of aromatic amines is 1. The molecule has 1 aliphatic rings. The summed E-state index contributed by atoms with van der Waals surface area (Å²) >= 11 is 0. The minimum atomic E-state index is -0.463. The van der Waals surface area contributed by atoms with Crippen molar-refractivity contribution in [2.75, 3.05) is 0 Å². The third-order valence-electron chi connectivity index (χ3n) is 3.96. The van der Waals surface area contributed by atoms with Crippen molar-refractivity contribution in [3.8, 4) is 0 Å². The van der Waals surface area contributed by atoms with E-state index in [9.17, 15) is 4.79 Å². The average Bonchev–Trinajstić information content (AvgIpc) is 2.81. The third kappa shape index (κ3) is 5.02. The number of rotatable bonds is 4. The number of carbonyl (C=O) groups is 1. The highest BCUT2D eigenvalue weighted by molar-refractivity contribution is 5.68. The lowest BCUT2D eigenvalue weighted by Crippen LogP contribution is -2.52. The van der Waals surface area contributed by atoms with Crippen molar-refractivity contribution in [1.82, 2.24) is 20.8 Å². The molecule has 2 rings (SSSR count). The Morgan fingerprint density at radius 3 is 2.64 bits per heavy atom. The summed E-state index contributed by atoms with van der Waals surface area (Å²) in [5, 5.41) is 13.6. The Morgan fingerprint density at radius 2 is 2.05 bits per heavy atom. The Bertz CT molecular complexity index is 493. The fourth-order valence-corrected chi connectivity index (χ4v) is 2.80. The van der Waals surface area contributed by atoms with Crippen LogP contribution in [0.15, 0.2) is 6.20 Å². The van der Waals surface area contributed by atoms with Crippen LogP contribution < -0.4 is 10.6 Å². The molecule has 22 heavy (non-hydrogen) atoms. The molecule has 6 nitrogen and oxygen atoms in total. The second-order valence-corrected chi connectivity index (χ2v) is 7.04. The smallest absolute Gasteiger partial charge is 0.407 e. The van der Waals surface area contributed by atoms with Gasteiger partial charge in [-0.25, -0.2) is 4.79 Å². The number of alkyl carbamates (subject to hydrolysis) is 1. The molecule has 1 aromatic heterocycles. The van der Waals surface area contributed by atoms with Gasteiger partial charge in [-0.05, 0) is 40.5 Å². The normalized spacial score (nSPS) is 22.4. The molecule has 0 bridgehead atoms. The zero-order valence-electron chi connectivity index (χ0n) is 14.0. The molecule has 1 fully saturated rings. The SMILES string of the molecule is Cc1[nH]ncc1CN[C@@H]1CCCC[C@H]1NC(=O)OC(C)(C)C. The Labute approximate surface area is 132 Å². The topological polar surface area (TPSA) is 79.0 Å². The van der Waals surface area contributed by atoms with Gasteiger partial charge in [-0.3, -0.25) is 5.10 Å². The minimum absolute atomic E-state index is 0.121. The van der Waals surface area contributed by atoms with Crippen LogP contribution in [-0.4, -0.2) is 34.0 Å². The van der Waals surface area contributed by atoms with Crippen LogP contribution in [0.1, 0.15) is 57.7 Å². The summed E-state index contributed by atoms with van der Waals surface area (Å²) in [5.41, 5.74) is 1.79. The van der Waals surface area contributed by atoms with Gasteiger partial charge in [0.05, 0.1) is 6.20 Å². The fraction of sp³-hybridized carbons (Fsp3) is 0.750. The van der Waals surface area contributed by atoms with Gasteiger partial charge in [-0.1, -0.05) is 12.8 Å². The zero-order valence-corrected chi connectivity index (χ0v) is 14.0. The van der Waals surface area contributed by atoms with E-state index in [-0.39, 0.29) is 18.2 Å². The van der Waals surface area contributed by atoms with Crippen LogP contribution in [0.2, 0.25) is 0 Å². The van der Waals surface area contributed by atoms with Crippen LogP contribution in [0.25, 0.3) is 0 Å². The van der Waals surface area contributed by atoms with Crippen molar-refractivity contribution in [2.24, 2.45) is 0 Å². The predicted molar refractivity (Wildman–Crippen MR) is 85.6 cm³/mol. The highest BCUT2D eigenvalue weighted by Gasteiger charge is 2.28. The lowest BCUT2D eigenvalue weighted by molar-refractivity contribution is 0.0479. The first-order chi connectivity index (χ1) is 10.3. The van der Waals surface area contributed by atoms with E-state index in [4.69, 9.17) is 4.74 Å². The summed E-state index contributed by atoms with van der Waals surface area (Å²) in [6.45, 7) is 8.42. The number of aryl methyl sites for hydroxylation is 1. The van der Waals surface area contributed by atoms with Gasteiger partial charge in [-0.2, -0.15) is 5.10 Å². The van der Waals surface area contributed by atoms with E-state index in [2.05, 4.69) is 20.8 Å². The molecule has 2 atom stereocenters.